The molecule has 116 valence electrons. The van der Waals surface area contributed by atoms with Crippen molar-refractivity contribution in [3.8, 4) is 0 Å². The summed E-state index contributed by atoms with van der Waals surface area (Å²) in [6.45, 7) is 0. The van der Waals surface area contributed by atoms with Crippen LogP contribution in [0.15, 0.2) is 97.6 Å². The minimum Gasteiger partial charge on any atom is -0.404 e. The second kappa shape index (κ2) is 6.38. The van der Waals surface area contributed by atoms with Gasteiger partial charge in [-0.15, -0.1) is 0 Å². The van der Waals surface area contributed by atoms with Gasteiger partial charge in [-0.2, -0.15) is 0 Å². The number of fused-ring (bicyclic) bond motifs is 1. The number of hydrogen-bond donors (Lipinski definition) is 0. The number of rotatable bonds is 4. The zero-order valence-electron chi connectivity index (χ0n) is 13.0. The summed E-state index contributed by atoms with van der Waals surface area (Å²) in [5.74, 6) is 0. The van der Waals surface area contributed by atoms with E-state index < -0.39 is 0 Å². The van der Waals surface area contributed by atoms with E-state index in [-0.39, 0.29) is 0 Å². The Balaban J connectivity index is 1.74. The molecule has 4 nitrogen and oxygen atoms in total. The van der Waals surface area contributed by atoms with Gasteiger partial charge in [-0.05, 0) is 10.8 Å². The van der Waals surface area contributed by atoms with Crippen molar-refractivity contribution in [1.82, 2.24) is 0 Å². The number of nitrogens with zero attached hydrogens (tertiary/aromatic N) is 4. The zero-order chi connectivity index (χ0) is 16.2. The van der Waals surface area contributed by atoms with Gasteiger partial charge in [0.05, 0.1) is 0 Å². The van der Waals surface area contributed by atoms with Gasteiger partial charge in [0, 0.05) is 24.3 Å². The van der Waals surface area contributed by atoms with Crippen molar-refractivity contribution < 1.29 is 9.35 Å². The Labute approximate surface area is 140 Å². The van der Waals surface area contributed by atoms with Crippen LogP contribution in [0.25, 0.3) is 21.6 Å². The topological polar surface area (TPSA) is 36.0 Å². The van der Waals surface area contributed by atoms with Gasteiger partial charge in [0.25, 0.3) is 0 Å². The van der Waals surface area contributed by atoms with Crippen molar-refractivity contribution in [2.24, 2.45) is 0 Å². The minimum atomic E-state index is 0.916. The predicted molar refractivity (Wildman–Crippen MR) is 94.1 cm³/mol. The van der Waals surface area contributed by atoms with Gasteiger partial charge < -0.3 is 10.9 Å². The summed E-state index contributed by atoms with van der Waals surface area (Å²) in [6, 6.07) is 24.0. The molecule has 0 amide bonds. The highest BCUT2D eigenvalue weighted by atomic mass is 15.4. The fraction of sp³-hybridized carbons (Fsp3) is 0. The third-order valence-electron chi connectivity index (χ3n) is 3.72. The van der Waals surface area contributed by atoms with Crippen molar-refractivity contribution in [3.63, 3.8) is 0 Å². The molecule has 4 aromatic rings. The lowest BCUT2D eigenvalue weighted by Gasteiger charge is -2.22. The predicted octanol–water partition coefficient (Wildman–Crippen LogP) is 4.35. The minimum absolute atomic E-state index is 0.916. The second-order valence-corrected chi connectivity index (χ2v) is 5.36. The molecule has 0 spiro atoms. The van der Waals surface area contributed by atoms with E-state index in [0.717, 1.165) is 22.1 Å². The van der Waals surface area contributed by atoms with Crippen LogP contribution < -0.4 is 9.35 Å². The van der Waals surface area contributed by atoms with Crippen LogP contribution in [0.1, 0.15) is 0 Å². The number of pyridine rings is 2. The molecule has 0 aliphatic heterocycles. The molecule has 0 fully saturated rings. The van der Waals surface area contributed by atoms with Crippen LogP contribution in [0.2, 0.25) is 0 Å². The Morgan fingerprint density at radius 3 is 1.29 bits per heavy atom. The highest BCUT2D eigenvalue weighted by Crippen LogP contribution is 2.35. The number of benzene rings is 2. The second-order valence-electron chi connectivity index (χ2n) is 5.36. The van der Waals surface area contributed by atoms with E-state index >= 15 is 0 Å². The summed E-state index contributed by atoms with van der Waals surface area (Å²) in [6.07, 6.45) is 7.69. The standard InChI is InChI=1S/C20H16N4/c1-5-13-23(14-6-1)21-19-11-12-20(18-10-4-3-9-17(18)19)22-24-15-7-2-8-16-24/h1-16H. The molecule has 4 heteroatoms. The maximum atomic E-state index is 4.69. The Kier molecular flexibility index (Phi) is 3.78. The molecule has 0 atom stereocenters. The third kappa shape index (κ3) is 2.90. The summed E-state index contributed by atoms with van der Waals surface area (Å²) in [7, 11) is 0. The van der Waals surface area contributed by atoms with E-state index in [1.165, 1.54) is 0 Å². The van der Waals surface area contributed by atoms with Gasteiger partial charge in [-0.3, -0.25) is 0 Å². The fourth-order valence-corrected chi connectivity index (χ4v) is 2.60. The van der Waals surface area contributed by atoms with Crippen molar-refractivity contribution in [1.29, 1.82) is 0 Å². The summed E-state index contributed by atoms with van der Waals surface area (Å²) in [5.41, 5.74) is 11.2. The van der Waals surface area contributed by atoms with Crippen LogP contribution in [0.3, 0.4) is 0 Å². The first kappa shape index (κ1) is 14.2. The molecule has 2 aromatic heterocycles. The van der Waals surface area contributed by atoms with Crippen molar-refractivity contribution >= 4 is 22.1 Å². The first-order valence-corrected chi connectivity index (χ1v) is 7.78. The molecular formula is C20H16N4. The van der Waals surface area contributed by atoms with Gasteiger partial charge in [0.15, 0.2) is 24.8 Å². The molecule has 2 aromatic carbocycles. The largest absolute Gasteiger partial charge is 0.404 e. The van der Waals surface area contributed by atoms with E-state index in [4.69, 9.17) is 0 Å². The monoisotopic (exact) mass is 312 g/mol. The van der Waals surface area contributed by atoms with E-state index in [1.54, 1.807) is 0 Å². The summed E-state index contributed by atoms with van der Waals surface area (Å²) in [4.78, 5) is 0. The average molecular weight is 312 g/mol. The summed E-state index contributed by atoms with van der Waals surface area (Å²) < 4.78 is 3.62. The van der Waals surface area contributed by atoms with E-state index in [1.807, 2.05) is 94.8 Å². The van der Waals surface area contributed by atoms with Crippen LogP contribution in [-0.4, -0.2) is 0 Å². The Hall–Kier alpha value is -3.40. The average Bonchev–Trinajstić information content (AvgIpc) is 2.65. The van der Waals surface area contributed by atoms with Crippen molar-refractivity contribution in [2.75, 3.05) is 0 Å². The Morgan fingerprint density at radius 1 is 0.458 bits per heavy atom. The van der Waals surface area contributed by atoms with Gasteiger partial charge in [0.2, 0.25) is 0 Å². The number of hydrogen-bond acceptors (Lipinski definition) is 0. The molecule has 0 saturated carbocycles. The molecule has 0 aliphatic rings. The van der Waals surface area contributed by atoms with Crippen molar-refractivity contribution in [2.45, 2.75) is 0 Å². The van der Waals surface area contributed by atoms with Gasteiger partial charge in [0.1, 0.15) is 0 Å². The molecule has 4 rings (SSSR count). The summed E-state index contributed by atoms with van der Waals surface area (Å²) >= 11 is 0. The Morgan fingerprint density at radius 2 is 0.875 bits per heavy atom. The molecule has 0 saturated heterocycles. The molecular weight excluding hydrogens is 296 g/mol. The molecule has 0 radical (unpaired) electrons. The molecule has 0 unspecified atom stereocenters. The molecule has 0 N–H and O–H groups in total. The first-order valence-electron chi connectivity index (χ1n) is 7.78. The Bertz CT molecular complexity index is 873. The van der Waals surface area contributed by atoms with E-state index in [9.17, 15) is 0 Å². The van der Waals surface area contributed by atoms with E-state index in [2.05, 4.69) is 23.0 Å². The lowest BCUT2D eigenvalue weighted by molar-refractivity contribution is -0.619. The normalized spacial score (nSPS) is 10.5. The van der Waals surface area contributed by atoms with Crippen LogP contribution >= 0.6 is 0 Å². The van der Waals surface area contributed by atoms with Crippen molar-refractivity contribution in [3.05, 3.63) is 108 Å². The van der Waals surface area contributed by atoms with Crippen LogP contribution in [0.5, 0.6) is 0 Å². The fourth-order valence-electron chi connectivity index (χ4n) is 2.60. The van der Waals surface area contributed by atoms with E-state index in [0.29, 0.717) is 0 Å². The lowest BCUT2D eigenvalue weighted by atomic mass is 10.1. The first-order chi connectivity index (χ1) is 11.9. The van der Waals surface area contributed by atoms with Gasteiger partial charge in [-0.25, -0.2) is 9.35 Å². The van der Waals surface area contributed by atoms with Crippen LogP contribution in [-0.2, 0) is 0 Å². The van der Waals surface area contributed by atoms with Crippen LogP contribution in [0.4, 0.5) is 11.4 Å². The third-order valence-corrected chi connectivity index (χ3v) is 3.72. The van der Waals surface area contributed by atoms with Crippen LogP contribution in [0, 0.1) is 0 Å². The highest BCUT2D eigenvalue weighted by Gasteiger charge is 2.00. The number of aromatic nitrogens is 2. The van der Waals surface area contributed by atoms with Gasteiger partial charge in [-0.1, -0.05) is 59.9 Å². The molecule has 24 heavy (non-hydrogen) atoms. The lowest BCUT2D eigenvalue weighted by Crippen LogP contribution is -2.26. The quantitative estimate of drug-likeness (QED) is 0.502. The maximum Gasteiger partial charge on any atom is 0.164 e. The molecule has 0 bridgehead atoms. The van der Waals surface area contributed by atoms with Gasteiger partial charge >= 0.3 is 0 Å². The summed E-state index contributed by atoms with van der Waals surface area (Å²) in [5, 5.41) is 2.15. The maximum absolute atomic E-state index is 4.69. The zero-order valence-corrected chi connectivity index (χ0v) is 13.0. The SMILES string of the molecule is c1cc[n+]([N-]c2ccc([N-][n+]3ccccc3)c3ccccc23)cc1. The highest BCUT2D eigenvalue weighted by molar-refractivity contribution is 6.02. The smallest absolute Gasteiger partial charge is 0.164 e. The molecule has 0 aliphatic carbocycles. The molecule has 2 heterocycles.